The molecule has 5 heteroatoms. The van der Waals surface area contributed by atoms with Gasteiger partial charge in [0.1, 0.15) is 9.84 Å². The molecule has 1 N–H and O–H groups in total. The van der Waals surface area contributed by atoms with Crippen molar-refractivity contribution in [1.82, 2.24) is 0 Å². The van der Waals surface area contributed by atoms with Crippen molar-refractivity contribution < 1.29 is 18.3 Å². The van der Waals surface area contributed by atoms with E-state index in [2.05, 4.69) is 0 Å². The Hall–Kier alpha value is -0.130. The van der Waals surface area contributed by atoms with E-state index < -0.39 is 9.84 Å². The summed E-state index contributed by atoms with van der Waals surface area (Å²) in [7, 11) is -1.36. The molecule has 4 nitrogen and oxygen atoms in total. The predicted octanol–water partition coefficient (Wildman–Crippen LogP) is -0.324. The maximum Gasteiger partial charge on any atom is 0.147 e. The van der Waals surface area contributed by atoms with Crippen molar-refractivity contribution in [1.29, 1.82) is 0 Å². The van der Waals surface area contributed by atoms with Crippen LogP contribution in [0.2, 0.25) is 0 Å². The molecular weight excluding hydrogens is 192 g/mol. The maximum atomic E-state index is 11.0. The molecule has 2 atom stereocenters. The topological polar surface area (TPSA) is 63.6 Å². The number of hydrogen-bond acceptors (Lipinski definition) is 4. The number of hydrogen-bond donors (Lipinski definition) is 1. The molecule has 0 unspecified atom stereocenters. The minimum absolute atomic E-state index is 0.0149. The van der Waals surface area contributed by atoms with Gasteiger partial charge in [0.2, 0.25) is 0 Å². The number of rotatable bonds is 5. The fourth-order valence-electron chi connectivity index (χ4n) is 1.74. The largest absolute Gasteiger partial charge is 0.396 e. The molecule has 1 fully saturated rings. The van der Waals surface area contributed by atoms with Gasteiger partial charge in [0, 0.05) is 18.8 Å². The van der Waals surface area contributed by atoms with E-state index in [4.69, 9.17) is 9.84 Å². The summed E-state index contributed by atoms with van der Waals surface area (Å²) >= 11 is 0. The molecule has 0 aromatic carbocycles. The Morgan fingerprint density at radius 2 is 2.23 bits per heavy atom. The Balaban J connectivity index is 2.51. The van der Waals surface area contributed by atoms with Gasteiger partial charge in [0.25, 0.3) is 0 Å². The molecule has 0 aromatic rings. The van der Waals surface area contributed by atoms with Gasteiger partial charge >= 0.3 is 0 Å². The van der Waals surface area contributed by atoms with Gasteiger partial charge in [-0.25, -0.2) is 8.42 Å². The minimum atomic E-state index is -2.93. The molecule has 0 amide bonds. The highest BCUT2D eigenvalue weighted by Gasteiger charge is 2.54. The molecule has 0 bridgehead atoms. The molecule has 1 aliphatic rings. The SMILES string of the molecule is COC[C@@]1(CO)C[C@@H]1CS(C)(=O)=O. The zero-order valence-corrected chi connectivity index (χ0v) is 8.80. The number of aliphatic hydroxyl groups is 1. The summed E-state index contributed by atoms with van der Waals surface area (Å²) < 4.78 is 26.9. The standard InChI is InChI=1S/C8H16O4S/c1-12-6-8(5-9)3-7(8)4-13(2,10)11/h7,9H,3-6H2,1-2H3/t7-,8+/m1/s1. The molecule has 1 saturated carbocycles. The van der Waals surface area contributed by atoms with Gasteiger partial charge < -0.3 is 9.84 Å². The molecule has 0 aliphatic heterocycles. The lowest BCUT2D eigenvalue weighted by molar-refractivity contribution is 0.0879. The van der Waals surface area contributed by atoms with Crippen LogP contribution in [-0.4, -0.2) is 45.9 Å². The normalized spacial score (nSPS) is 33.3. The van der Waals surface area contributed by atoms with E-state index in [1.807, 2.05) is 0 Å². The summed E-state index contributed by atoms with van der Waals surface area (Å²) in [6.45, 7) is 0.463. The van der Waals surface area contributed by atoms with Crippen LogP contribution in [0.4, 0.5) is 0 Å². The average molecular weight is 208 g/mol. The second-order valence-electron chi connectivity index (χ2n) is 3.95. The molecule has 0 spiro atoms. The zero-order valence-electron chi connectivity index (χ0n) is 7.99. The zero-order chi connectivity index (χ0) is 10.1. The van der Waals surface area contributed by atoms with Crippen LogP contribution < -0.4 is 0 Å². The summed E-state index contributed by atoms with van der Waals surface area (Å²) in [5.74, 6) is 0.240. The number of methoxy groups -OCH3 is 1. The van der Waals surface area contributed by atoms with Crippen molar-refractivity contribution in [2.45, 2.75) is 6.42 Å². The third-order valence-electron chi connectivity index (χ3n) is 2.61. The summed E-state index contributed by atoms with van der Waals surface area (Å²) in [6.07, 6.45) is 1.98. The van der Waals surface area contributed by atoms with Crippen LogP contribution in [0.1, 0.15) is 6.42 Å². The highest BCUT2D eigenvalue weighted by molar-refractivity contribution is 7.90. The van der Waals surface area contributed by atoms with Gasteiger partial charge in [-0.3, -0.25) is 0 Å². The van der Waals surface area contributed by atoms with Gasteiger partial charge in [0.15, 0.2) is 0 Å². The lowest BCUT2D eigenvalue weighted by Crippen LogP contribution is -2.20. The molecule has 13 heavy (non-hydrogen) atoms. The van der Waals surface area contributed by atoms with Crippen molar-refractivity contribution in [2.24, 2.45) is 11.3 Å². The Kier molecular flexibility index (Phi) is 2.99. The van der Waals surface area contributed by atoms with Crippen LogP contribution in [0.15, 0.2) is 0 Å². The average Bonchev–Trinajstić information content (AvgIpc) is 2.61. The van der Waals surface area contributed by atoms with Crippen LogP contribution in [0.25, 0.3) is 0 Å². The molecule has 1 aliphatic carbocycles. The van der Waals surface area contributed by atoms with E-state index >= 15 is 0 Å². The van der Waals surface area contributed by atoms with Crippen molar-refractivity contribution in [3.05, 3.63) is 0 Å². The molecule has 0 heterocycles. The van der Waals surface area contributed by atoms with Crippen LogP contribution in [0, 0.1) is 11.3 Å². The first kappa shape index (κ1) is 10.9. The fraction of sp³-hybridized carbons (Fsp3) is 1.00. The number of aliphatic hydroxyl groups excluding tert-OH is 1. The highest BCUT2D eigenvalue weighted by Crippen LogP contribution is 2.52. The van der Waals surface area contributed by atoms with E-state index in [1.165, 1.54) is 6.26 Å². The van der Waals surface area contributed by atoms with E-state index in [0.29, 0.717) is 6.61 Å². The number of sulfone groups is 1. The Bertz CT molecular complexity index is 272. The Labute approximate surface area is 78.8 Å². The van der Waals surface area contributed by atoms with Crippen LogP contribution >= 0.6 is 0 Å². The summed E-state index contributed by atoms with van der Waals surface area (Å²) in [5, 5.41) is 9.08. The van der Waals surface area contributed by atoms with E-state index in [9.17, 15) is 8.42 Å². The molecular formula is C8H16O4S. The number of ether oxygens (including phenoxy) is 1. The Morgan fingerprint density at radius 1 is 1.62 bits per heavy atom. The maximum absolute atomic E-state index is 11.0. The van der Waals surface area contributed by atoms with Crippen LogP contribution in [0.3, 0.4) is 0 Å². The van der Waals surface area contributed by atoms with E-state index in [-0.39, 0.29) is 23.7 Å². The van der Waals surface area contributed by atoms with Crippen LogP contribution in [0.5, 0.6) is 0 Å². The van der Waals surface area contributed by atoms with Crippen molar-refractivity contribution in [3.8, 4) is 0 Å². The fourth-order valence-corrected chi connectivity index (χ4v) is 2.94. The van der Waals surface area contributed by atoms with Gasteiger partial charge in [-0.05, 0) is 12.3 Å². The van der Waals surface area contributed by atoms with Gasteiger partial charge in [-0.2, -0.15) is 0 Å². The van der Waals surface area contributed by atoms with Gasteiger partial charge in [-0.15, -0.1) is 0 Å². The van der Waals surface area contributed by atoms with Crippen LogP contribution in [-0.2, 0) is 14.6 Å². The second kappa shape index (κ2) is 3.55. The lowest BCUT2D eigenvalue weighted by atomic mass is 10.1. The summed E-state index contributed by atoms with van der Waals surface area (Å²) in [5.41, 5.74) is -0.280. The summed E-state index contributed by atoms with van der Waals surface area (Å²) in [4.78, 5) is 0. The van der Waals surface area contributed by atoms with Crippen molar-refractivity contribution >= 4 is 9.84 Å². The Morgan fingerprint density at radius 3 is 2.62 bits per heavy atom. The molecule has 1 rings (SSSR count). The quantitative estimate of drug-likeness (QED) is 0.672. The summed E-state index contributed by atoms with van der Waals surface area (Å²) in [6, 6.07) is 0. The first-order valence-electron chi connectivity index (χ1n) is 4.21. The molecule has 78 valence electrons. The molecule has 0 aromatic heterocycles. The first-order chi connectivity index (χ1) is 5.93. The van der Waals surface area contributed by atoms with Crippen molar-refractivity contribution in [3.63, 3.8) is 0 Å². The smallest absolute Gasteiger partial charge is 0.147 e. The minimum Gasteiger partial charge on any atom is -0.396 e. The third-order valence-corrected chi connectivity index (χ3v) is 3.62. The second-order valence-corrected chi connectivity index (χ2v) is 6.13. The van der Waals surface area contributed by atoms with Crippen molar-refractivity contribution in [2.75, 3.05) is 32.3 Å². The van der Waals surface area contributed by atoms with Gasteiger partial charge in [0.05, 0.1) is 19.0 Å². The molecule has 0 radical (unpaired) electrons. The monoisotopic (exact) mass is 208 g/mol. The van der Waals surface area contributed by atoms with E-state index in [0.717, 1.165) is 6.42 Å². The third kappa shape index (κ3) is 2.65. The highest BCUT2D eigenvalue weighted by atomic mass is 32.2. The first-order valence-corrected chi connectivity index (χ1v) is 6.27. The lowest BCUT2D eigenvalue weighted by Gasteiger charge is -2.11. The van der Waals surface area contributed by atoms with Gasteiger partial charge in [-0.1, -0.05) is 0 Å². The predicted molar refractivity (Wildman–Crippen MR) is 49.2 cm³/mol. The molecule has 0 saturated heterocycles. The van der Waals surface area contributed by atoms with E-state index in [1.54, 1.807) is 7.11 Å².